The number of carbonyl (C=O) groups excluding carboxylic acids is 1. The van der Waals surface area contributed by atoms with Crippen LogP contribution in [0.2, 0.25) is 0 Å². The summed E-state index contributed by atoms with van der Waals surface area (Å²) in [7, 11) is 0. The molecule has 0 aromatic rings. The largest absolute Gasteiger partial charge is 0.489 e. The van der Waals surface area contributed by atoms with E-state index in [0.717, 1.165) is 0 Å². The summed E-state index contributed by atoms with van der Waals surface area (Å²) < 4.78 is 65.4. The van der Waals surface area contributed by atoms with E-state index in [9.17, 15) is 26.7 Å². The standard InChI is InChI=1S/C13H17F5N2O2.2U/c1-8(3-9(2)22-7-13(16,17)18)6-19-11(21)20-10-4-12(14,15)5-10;;/h3,10H,1,4-7H2,2H3,(H2,19,20,21);;/b9-3+;;. The van der Waals surface area contributed by atoms with Crippen molar-refractivity contribution in [2.45, 2.75) is 37.9 Å². The van der Waals surface area contributed by atoms with Gasteiger partial charge in [-0.3, -0.25) is 0 Å². The molecule has 0 radical (unpaired) electrons. The predicted molar refractivity (Wildman–Crippen MR) is 69.4 cm³/mol. The Bertz CT molecular complexity index is 462. The minimum Gasteiger partial charge on any atom is -0.489 e. The van der Waals surface area contributed by atoms with Gasteiger partial charge in [-0.05, 0) is 18.6 Å². The van der Waals surface area contributed by atoms with E-state index in [1.807, 2.05) is 0 Å². The van der Waals surface area contributed by atoms with Gasteiger partial charge in [0, 0.05) is 87.7 Å². The van der Waals surface area contributed by atoms with Crippen LogP contribution in [0.15, 0.2) is 24.0 Å². The van der Waals surface area contributed by atoms with Gasteiger partial charge in [0.1, 0.15) is 0 Å². The third-order valence-electron chi connectivity index (χ3n) is 2.77. The second-order valence-corrected chi connectivity index (χ2v) is 5.11. The summed E-state index contributed by atoms with van der Waals surface area (Å²) in [5.74, 6) is -2.72. The Balaban J connectivity index is 0. The molecule has 1 fully saturated rings. The molecule has 0 heterocycles. The van der Waals surface area contributed by atoms with E-state index in [-0.39, 0.29) is 74.5 Å². The molecule has 1 aliphatic rings. The minimum atomic E-state index is -4.43. The molecule has 2 N–H and O–H groups in total. The third-order valence-corrected chi connectivity index (χ3v) is 2.77. The average Bonchev–Trinajstić information content (AvgIpc) is 2.31. The molecule has 1 aliphatic carbocycles. The van der Waals surface area contributed by atoms with Crippen molar-refractivity contribution in [1.29, 1.82) is 0 Å². The van der Waals surface area contributed by atoms with Gasteiger partial charge in [-0.2, -0.15) is 13.2 Å². The summed E-state index contributed by atoms with van der Waals surface area (Å²) >= 11 is 0. The first-order chi connectivity index (χ1) is 9.97. The first kappa shape index (κ1) is 26.5. The van der Waals surface area contributed by atoms with E-state index >= 15 is 0 Å². The fourth-order valence-corrected chi connectivity index (χ4v) is 1.77. The fraction of sp³-hybridized carbons (Fsp3) is 0.615. The quantitative estimate of drug-likeness (QED) is 0.247. The van der Waals surface area contributed by atoms with E-state index in [4.69, 9.17) is 0 Å². The molecule has 0 bridgehead atoms. The van der Waals surface area contributed by atoms with Crippen LogP contribution < -0.4 is 10.6 Å². The monoisotopic (exact) mass is 804 g/mol. The van der Waals surface area contributed by atoms with Crippen LogP contribution in [0.4, 0.5) is 26.7 Å². The number of alkyl halides is 5. The maximum atomic E-state index is 12.6. The SMILES string of the molecule is C=C(/C=C(\C)OCC(F)(F)F)CNC(=O)NC1CC(F)(F)C1.[U].[U]. The van der Waals surface area contributed by atoms with Gasteiger partial charge in [0.15, 0.2) is 6.61 Å². The van der Waals surface area contributed by atoms with Crippen LogP contribution in [0.1, 0.15) is 19.8 Å². The molecule has 0 aromatic carbocycles. The van der Waals surface area contributed by atoms with Gasteiger partial charge in [-0.15, -0.1) is 0 Å². The molecule has 134 valence electrons. The van der Waals surface area contributed by atoms with Crippen LogP contribution in [0.25, 0.3) is 0 Å². The van der Waals surface area contributed by atoms with Gasteiger partial charge in [0.2, 0.25) is 0 Å². The summed E-state index contributed by atoms with van der Waals surface area (Å²) in [5.41, 5.74) is 0.314. The van der Waals surface area contributed by atoms with Crippen molar-refractivity contribution in [3.05, 3.63) is 24.0 Å². The Morgan fingerprint density at radius 1 is 1.33 bits per heavy atom. The van der Waals surface area contributed by atoms with Crippen molar-refractivity contribution in [1.82, 2.24) is 10.6 Å². The van der Waals surface area contributed by atoms with Crippen LogP contribution >= 0.6 is 0 Å². The summed E-state index contributed by atoms with van der Waals surface area (Å²) in [6.07, 6.45) is -3.97. The molecular formula is C13H17F5N2O2U2. The van der Waals surface area contributed by atoms with E-state index < -0.39 is 43.6 Å². The van der Waals surface area contributed by atoms with Crippen molar-refractivity contribution in [2.24, 2.45) is 0 Å². The smallest absolute Gasteiger partial charge is 0.422 e. The van der Waals surface area contributed by atoms with Gasteiger partial charge in [-0.1, -0.05) is 6.58 Å². The Morgan fingerprint density at radius 2 is 1.88 bits per heavy atom. The maximum Gasteiger partial charge on any atom is 0.422 e. The summed E-state index contributed by atoms with van der Waals surface area (Å²) in [6.45, 7) is 3.42. The number of rotatable bonds is 6. The van der Waals surface area contributed by atoms with Gasteiger partial charge in [-0.25, -0.2) is 13.6 Å². The van der Waals surface area contributed by atoms with Crippen molar-refractivity contribution >= 4 is 6.03 Å². The number of ether oxygens (including phenoxy) is 1. The second-order valence-electron chi connectivity index (χ2n) is 5.11. The number of amides is 2. The van der Waals surface area contributed by atoms with Gasteiger partial charge >= 0.3 is 12.2 Å². The molecule has 0 atom stereocenters. The molecule has 2 amide bonds. The van der Waals surface area contributed by atoms with E-state index in [0.29, 0.717) is 5.57 Å². The first-order valence-electron chi connectivity index (χ1n) is 6.45. The van der Waals surface area contributed by atoms with Crippen molar-refractivity contribution in [3.8, 4) is 0 Å². The average molecular weight is 804 g/mol. The number of halogens is 5. The topological polar surface area (TPSA) is 50.4 Å². The zero-order valence-corrected chi connectivity index (χ0v) is 21.2. The van der Waals surface area contributed by atoms with Crippen LogP contribution in [-0.2, 0) is 4.74 Å². The maximum absolute atomic E-state index is 12.6. The summed E-state index contributed by atoms with van der Waals surface area (Å²) in [4.78, 5) is 11.4. The van der Waals surface area contributed by atoms with Crippen LogP contribution in [0.5, 0.6) is 0 Å². The molecule has 0 aromatic heterocycles. The van der Waals surface area contributed by atoms with Crippen molar-refractivity contribution in [3.63, 3.8) is 0 Å². The fourth-order valence-electron chi connectivity index (χ4n) is 1.77. The van der Waals surface area contributed by atoms with Gasteiger partial charge < -0.3 is 15.4 Å². The molecule has 1 saturated carbocycles. The molecule has 0 unspecified atom stereocenters. The van der Waals surface area contributed by atoms with Crippen LogP contribution in [0, 0.1) is 62.2 Å². The first-order valence-corrected chi connectivity index (χ1v) is 6.45. The zero-order chi connectivity index (χ0) is 17.0. The van der Waals surface area contributed by atoms with Crippen molar-refractivity contribution < 1.29 is 93.7 Å². The second kappa shape index (κ2) is 11.1. The molecule has 24 heavy (non-hydrogen) atoms. The molecule has 0 saturated heterocycles. The number of carbonyl (C=O) groups is 1. The minimum absolute atomic E-state index is 0. The molecule has 1 rings (SSSR count). The Labute approximate surface area is 184 Å². The van der Waals surface area contributed by atoms with E-state index in [2.05, 4.69) is 21.9 Å². The van der Waals surface area contributed by atoms with Gasteiger partial charge in [0.05, 0.1) is 5.76 Å². The number of urea groups is 1. The number of nitrogens with one attached hydrogen (secondary N) is 2. The normalized spacial score (nSPS) is 16.8. The van der Waals surface area contributed by atoms with E-state index in [1.165, 1.54) is 13.0 Å². The molecule has 11 heteroatoms. The Hall–Kier alpha value is 0.304. The number of allylic oxidation sites excluding steroid dienone is 1. The Kier molecular flexibility index (Phi) is 12.3. The summed E-state index contributed by atoms with van der Waals surface area (Å²) in [6, 6.07) is -1.21. The molecule has 4 nitrogen and oxygen atoms in total. The van der Waals surface area contributed by atoms with Crippen LogP contribution in [-0.4, -0.2) is 37.3 Å². The Morgan fingerprint density at radius 3 is 2.33 bits per heavy atom. The number of hydrogen-bond donors (Lipinski definition) is 2. The summed E-state index contributed by atoms with van der Waals surface area (Å²) in [5, 5.41) is 4.72. The van der Waals surface area contributed by atoms with Gasteiger partial charge in [0.25, 0.3) is 5.92 Å². The van der Waals surface area contributed by atoms with E-state index in [1.54, 1.807) is 0 Å². The number of hydrogen-bond acceptors (Lipinski definition) is 2. The van der Waals surface area contributed by atoms with Crippen LogP contribution in [0.3, 0.4) is 0 Å². The molecule has 0 spiro atoms. The van der Waals surface area contributed by atoms with Crippen molar-refractivity contribution in [2.75, 3.05) is 13.2 Å². The molecular weight excluding hydrogens is 787 g/mol. The third kappa shape index (κ3) is 11.8. The molecule has 0 aliphatic heterocycles. The predicted octanol–water partition coefficient (Wildman–Crippen LogP) is 3.12. The zero-order valence-electron chi connectivity index (χ0n) is 12.9.